The van der Waals surface area contributed by atoms with Crippen molar-refractivity contribution in [2.75, 3.05) is 14.2 Å². The third-order valence-electron chi connectivity index (χ3n) is 4.14. The van der Waals surface area contributed by atoms with Crippen molar-refractivity contribution in [2.45, 2.75) is 25.3 Å². The third kappa shape index (κ3) is 3.04. The van der Waals surface area contributed by atoms with Gasteiger partial charge in [0, 0.05) is 6.42 Å². The molecule has 7 heteroatoms. The minimum Gasteiger partial charge on any atom is -0.468 e. The number of hydrogen-bond acceptors (Lipinski definition) is 5. The molecule has 1 saturated carbocycles. The Bertz CT molecular complexity index is 633. The first-order valence-electron chi connectivity index (χ1n) is 7.17. The van der Waals surface area contributed by atoms with E-state index in [2.05, 4.69) is 10.1 Å². The molecule has 1 fully saturated rings. The molecular weight excluding hydrogens is 305 g/mol. The molecule has 1 aromatic rings. The smallest absolute Gasteiger partial charge is 0.407 e. The summed E-state index contributed by atoms with van der Waals surface area (Å²) in [6, 6.07) is 4.34. The number of esters is 1. The zero-order chi connectivity index (χ0) is 17.0. The van der Waals surface area contributed by atoms with Gasteiger partial charge in [0.1, 0.15) is 5.82 Å². The highest BCUT2D eigenvalue weighted by Crippen LogP contribution is 2.46. The van der Waals surface area contributed by atoms with Gasteiger partial charge in [-0.05, 0) is 30.5 Å². The van der Waals surface area contributed by atoms with Crippen LogP contribution in [-0.2, 0) is 19.1 Å². The number of halogens is 1. The fourth-order valence-corrected chi connectivity index (χ4v) is 3.07. The van der Waals surface area contributed by atoms with Crippen LogP contribution in [-0.4, -0.2) is 32.1 Å². The highest BCUT2D eigenvalue weighted by atomic mass is 19.1. The van der Waals surface area contributed by atoms with Crippen LogP contribution >= 0.6 is 0 Å². The largest absolute Gasteiger partial charge is 0.468 e. The Hall–Kier alpha value is -2.44. The average Bonchev–Trinajstić information content (AvgIpc) is 2.93. The van der Waals surface area contributed by atoms with E-state index in [0.717, 1.165) is 0 Å². The Balaban J connectivity index is 2.56. The number of benzene rings is 1. The summed E-state index contributed by atoms with van der Waals surface area (Å²) in [6.45, 7) is 0. The number of hydrogen-bond donors (Lipinski definition) is 1. The predicted molar refractivity (Wildman–Crippen MR) is 78.0 cm³/mol. The molecule has 0 radical (unpaired) electrons. The van der Waals surface area contributed by atoms with Gasteiger partial charge in [-0.15, -0.1) is 0 Å². The Morgan fingerprint density at radius 3 is 2.57 bits per heavy atom. The number of Topliss-reactive ketones (excluding diaryl/α,β-unsaturated/α-hetero) is 1. The quantitative estimate of drug-likeness (QED) is 0.678. The van der Waals surface area contributed by atoms with Crippen molar-refractivity contribution in [1.29, 1.82) is 0 Å². The summed E-state index contributed by atoms with van der Waals surface area (Å²) < 4.78 is 23.0. The van der Waals surface area contributed by atoms with E-state index < -0.39 is 29.3 Å². The molecule has 0 aliphatic heterocycles. The van der Waals surface area contributed by atoms with E-state index in [0.29, 0.717) is 12.0 Å². The normalized spacial score (nSPS) is 21.6. The van der Waals surface area contributed by atoms with Crippen molar-refractivity contribution in [1.82, 2.24) is 5.32 Å². The van der Waals surface area contributed by atoms with Gasteiger partial charge in [-0.3, -0.25) is 9.59 Å². The maximum absolute atomic E-state index is 13.6. The van der Waals surface area contributed by atoms with Gasteiger partial charge in [0.05, 0.1) is 20.3 Å². The van der Waals surface area contributed by atoms with Crippen LogP contribution in [0.1, 0.15) is 30.9 Å². The van der Waals surface area contributed by atoms with Crippen LogP contribution < -0.4 is 5.32 Å². The number of nitrogens with one attached hydrogen (secondary N) is 1. The Morgan fingerprint density at radius 2 is 2.04 bits per heavy atom. The van der Waals surface area contributed by atoms with Crippen LogP contribution in [0.4, 0.5) is 9.18 Å². The minimum absolute atomic E-state index is 0.198. The van der Waals surface area contributed by atoms with E-state index >= 15 is 0 Å². The molecule has 1 aliphatic carbocycles. The summed E-state index contributed by atoms with van der Waals surface area (Å²) in [6.07, 6.45) is 0.0815. The number of ether oxygens (including phenoxy) is 2. The number of rotatable bonds is 4. The van der Waals surface area contributed by atoms with Crippen molar-refractivity contribution in [3.05, 3.63) is 35.6 Å². The molecule has 6 nitrogen and oxygen atoms in total. The molecule has 2 atom stereocenters. The zero-order valence-electron chi connectivity index (χ0n) is 12.9. The molecule has 0 bridgehead atoms. The first kappa shape index (κ1) is 16.9. The number of methoxy groups -OCH3 is 2. The zero-order valence-corrected chi connectivity index (χ0v) is 12.9. The summed E-state index contributed by atoms with van der Waals surface area (Å²) in [5, 5.41) is 2.49. The highest BCUT2D eigenvalue weighted by molar-refractivity contribution is 6.06. The number of ketones is 1. The number of carbonyl (C=O) groups is 3. The standard InChI is InChI=1S/C16H18FNO5/c1-22-14(20)16(8-4-7-12(16)19)13(18-15(21)23-2)10-5-3-6-11(17)9-10/h3,5-6,9,13H,4,7-8H2,1-2H3,(H,18,21)/t13-,16-/m0/s1. The van der Waals surface area contributed by atoms with Crippen molar-refractivity contribution in [3.8, 4) is 0 Å². The summed E-state index contributed by atoms with van der Waals surface area (Å²) in [4.78, 5) is 36.6. The van der Waals surface area contributed by atoms with Crippen LogP contribution in [0.3, 0.4) is 0 Å². The van der Waals surface area contributed by atoms with Crippen molar-refractivity contribution in [2.24, 2.45) is 5.41 Å². The van der Waals surface area contributed by atoms with Crippen LogP contribution in [0, 0.1) is 11.2 Å². The van der Waals surface area contributed by atoms with E-state index in [-0.39, 0.29) is 18.6 Å². The maximum atomic E-state index is 13.6. The lowest BCUT2D eigenvalue weighted by Gasteiger charge is -2.34. The van der Waals surface area contributed by atoms with Gasteiger partial charge in [-0.25, -0.2) is 9.18 Å². The van der Waals surface area contributed by atoms with E-state index in [9.17, 15) is 18.8 Å². The fourth-order valence-electron chi connectivity index (χ4n) is 3.07. The minimum atomic E-state index is -1.57. The fraction of sp³-hybridized carbons (Fsp3) is 0.438. The molecular formula is C16H18FNO5. The summed E-state index contributed by atoms with van der Waals surface area (Å²) in [5.74, 6) is -1.62. The molecule has 1 aromatic carbocycles. The van der Waals surface area contributed by atoms with Gasteiger partial charge in [-0.2, -0.15) is 0 Å². The maximum Gasteiger partial charge on any atom is 0.407 e. The van der Waals surface area contributed by atoms with Gasteiger partial charge in [0.25, 0.3) is 0 Å². The SMILES string of the molecule is COC(=O)N[C@@H](c1cccc(F)c1)[C@]1(C(=O)OC)CCCC1=O. The van der Waals surface area contributed by atoms with E-state index in [1.165, 1.54) is 32.4 Å². The van der Waals surface area contributed by atoms with Crippen LogP contribution in [0.25, 0.3) is 0 Å². The van der Waals surface area contributed by atoms with Gasteiger partial charge in [0.2, 0.25) is 0 Å². The third-order valence-corrected chi connectivity index (χ3v) is 4.14. The average molecular weight is 323 g/mol. The van der Waals surface area contributed by atoms with Gasteiger partial charge in [-0.1, -0.05) is 12.1 Å². The van der Waals surface area contributed by atoms with Crippen molar-refractivity contribution in [3.63, 3.8) is 0 Å². The van der Waals surface area contributed by atoms with Gasteiger partial charge < -0.3 is 14.8 Å². The second-order valence-electron chi connectivity index (χ2n) is 5.36. The van der Waals surface area contributed by atoms with Gasteiger partial charge >= 0.3 is 12.1 Å². The lowest BCUT2D eigenvalue weighted by Crippen LogP contribution is -2.49. The van der Waals surface area contributed by atoms with Crippen LogP contribution in [0.5, 0.6) is 0 Å². The monoisotopic (exact) mass is 323 g/mol. The molecule has 0 spiro atoms. The molecule has 0 unspecified atom stereocenters. The van der Waals surface area contributed by atoms with Crippen LogP contribution in [0.2, 0.25) is 0 Å². The van der Waals surface area contributed by atoms with E-state index in [1.807, 2.05) is 0 Å². The Kier molecular flexibility index (Phi) is 4.98. The molecule has 124 valence electrons. The molecule has 23 heavy (non-hydrogen) atoms. The summed E-state index contributed by atoms with van der Waals surface area (Å²) in [5.41, 5.74) is -1.27. The van der Waals surface area contributed by atoms with Crippen molar-refractivity contribution >= 4 is 17.8 Å². The first-order valence-corrected chi connectivity index (χ1v) is 7.17. The number of carbonyl (C=O) groups excluding carboxylic acids is 3. The lowest BCUT2D eigenvalue weighted by molar-refractivity contribution is -0.158. The highest BCUT2D eigenvalue weighted by Gasteiger charge is 2.56. The molecule has 1 aliphatic rings. The topological polar surface area (TPSA) is 81.7 Å². The summed E-state index contributed by atoms with van der Waals surface area (Å²) in [7, 11) is 2.34. The van der Waals surface area contributed by atoms with Crippen LogP contribution in [0.15, 0.2) is 24.3 Å². The Labute approximate surface area is 133 Å². The lowest BCUT2D eigenvalue weighted by atomic mass is 9.74. The molecule has 0 heterocycles. The second-order valence-corrected chi connectivity index (χ2v) is 5.36. The Morgan fingerprint density at radius 1 is 1.30 bits per heavy atom. The second kappa shape index (κ2) is 6.76. The number of alkyl carbamates (subject to hydrolysis) is 1. The molecule has 1 amide bonds. The predicted octanol–water partition coefficient (Wildman–Crippen LogP) is 2.14. The van der Waals surface area contributed by atoms with E-state index in [4.69, 9.17) is 4.74 Å². The molecule has 0 saturated heterocycles. The molecule has 2 rings (SSSR count). The molecule has 1 N–H and O–H groups in total. The van der Waals surface area contributed by atoms with Gasteiger partial charge in [0.15, 0.2) is 11.2 Å². The molecule has 0 aromatic heterocycles. The van der Waals surface area contributed by atoms with Crippen molar-refractivity contribution < 1.29 is 28.2 Å². The first-order chi connectivity index (χ1) is 11.0. The number of amides is 1. The summed E-state index contributed by atoms with van der Waals surface area (Å²) >= 11 is 0. The van der Waals surface area contributed by atoms with E-state index in [1.54, 1.807) is 6.07 Å².